The van der Waals surface area contributed by atoms with Gasteiger partial charge in [0, 0.05) is 16.8 Å². The van der Waals surface area contributed by atoms with Crippen molar-refractivity contribution in [2.45, 2.75) is 52.0 Å². The summed E-state index contributed by atoms with van der Waals surface area (Å²) < 4.78 is 0. The molecule has 1 aliphatic rings. The first kappa shape index (κ1) is 26.5. The molecule has 1 unspecified atom stereocenters. The molecule has 0 N–H and O–H groups in total. The molecule has 1 heteroatoms. The highest BCUT2D eigenvalue weighted by molar-refractivity contribution is 5.89. The van der Waals surface area contributed by atoms with Crippen LogP contribution in [0.15, 0.2) is 128 Å². The maximum Gasteiger partial charge on any atom is 0.0636 e. The molecule has 4 aromatic rings. The van der Waals surface area contributed by atoms with Crippen molar-refractivity contribution in [2.24, 2.45) is 0 Å². The normalized spacial score (nSPS) is 15.6. The van der Waals surface area contributed by atoms with Crippen LogP contribution in [0.5, 0.6) is 0 Å². The number of hydrogen-bond acceptors (Lipinski definition) is 1. The molecule has 1 atom stereocenters. The Morgan fingerprint density at radius 3 is 2.13 bits per heavy atom. The fraction of sp³-hybridized carbons (Fsp3) is 0.211. The maximum absolute atomic E-state index is 4.22. The third-order valence-corrected chi connectivity index (χ3v) is 8.40. The topological polar surface area (TPSA) is 3.24 Å². The van der Waals surface area contributed by atoms with Crippen molar-refractivity contribution in [3.05, 3.63) is 139 Å². The number of hydrogen-bond donors (Lipinski definition) is 0. The Bertz CT molecular complexity index is 1630. The maximum atomic E-state index is 4.22. The van der Waals surface area contributed by atoms with Crippen molar-refractivity contribution >= 4 is 16.5 Å². The molecular formula is C38H39N. The van der Waals surface area contributed by atoms with Crippen molar-refractivity contribution < 1.29 is 0 Å². The smallest absolute Gasteiger partial charge is 0.0636 e. The zero-order chi connectivity index (χ0) is 27.8. The van der Waals surface area contributed by atoms with E-state index in [1.54, 1.807) is 0 Å². The molecule has 4 aromatic carbocycles. The molecule has 0 radical (unpaired) electrons. The molecule has 5 rings (SSSR count). The van der Waals surface area contributed by atoms with Crippen molar-refractivity contribution in [3.63, 3.8) is 0 Å². The summed E-state index contributed by atoms with van der Waals surface area (Å²) in [5.74, 6) is 0. The van der Waals surface area contributed by atoms with Crippen LogP contribution in [0.3, 0.4) is 0 Å². The molecule has 0 aliphatic heterocycles. The minimum Gasteiger partial charge on any atom is -0.332 e. The fourth-order valence-corrected chi connectivity index (χ4v) is 6.18. The molecule has 196 valence electrons. The highest BCUT2D eigenvalue weighted by Gasteiger charge is 2.37. The van der Waals surface area contributed by atoms with Gasteiger partial charge in [-0.15, -0.1) is 13.2 Å². The molecule has 0 fully saturated rings. The molecule has 0 saturated heterocycles. The Morgan fingerprint density at radius 2 is 1.46 bits per heavy atom. The summed E-state index contributed by atoms with van der Waals surface area (Å²) in [5, 5.41) is 2.54. The average Bonchev–Trinajstić information content (AvgIpc) is 3.18. The van der Waals surface area contributed by atoms with E-state index in [1.807, 2.05) is 12.2 Å². The molecule has 1 aliphatic carbocycles. The van der Waals surface area contributed by atoms with E-state index < -0.39 is 0 Å². The molecule has 0 aromatic heterocycles. The Labute approximate surface area is 234 Å². The van der Waals surface area contributed by atoms with E-state index >= 15 is 0 Å². The fourth-order valence-electron chi connectivity index (χ4n) is 6.18. The van der Waals surface area contributed by atoms with Gasteiger partial charge in [-0.2, -0.15) is 0 Å². The van der Waals surface area contributed by atoms with Gasteiger partial charge in [0.2, 0.25) is 0 Å². The van der Waals surface area contributed by atoms with Crippen LogP contribution >= 0.6 is 0 Å². The standard InChI is InChI=1S/C38H39N/c1-8-14-31(10-3)39(38(7,11-4)23-9-2)32-20-22-34-33-21-19-30(25-35(33)37(5,6)36(34)26-32)29-18-17-27-15-12-13-16-28(27)24-29/h8-22,24-26H,2,4,23H2,1,3,5-7H3/b14-8-,31-10+. The summed E-state index contributed by atoms with van der Waals surface area (Å²) >= 11 is 0. The summed E-state index contributed by atoms with van der Waals surface area (Å²) in [5.41, 5.74) is 9.78. The predicted molar refractivity (Wildman–Crippen MR) is 171 cm³/mol. The molecule has 39 heavy (non-hydrogen) atoms. The second kappa shape index (κ2) is 10.2. The Balaban J connectivity index is 1.62. The van der Waals surface area contributed by atoms with Crippen LogP contribution in [0.2, 0.25) is 0 Å². The third-order valence-electron chi connectivity index (χ3n) is 8.40. The minimum absolute atomic E-state index is 0.126. The second-order valence-electron chi connectivity index (χ2n) is 11.3. The van der Waals surface area contributed by atoms with E-state index in [2.05, 4.69) is 150 Å². The number of rotatable bonds is 8. The van der Waals surface area contributed by atoms with Gasteiger partial charge in [-0.3, -0.25) is 0 Å². The van der Waals surface area contributed by atoms with E-state index in [0.717, 1.165) is 12.1 Å². The van der Waals surface area contributed by atoms with Gasteiger partial charge in [0.15, 0.2) is 0 Å². The van der Waals surface area contributed by atoms with Crippen LogP contribution in [0.25, 0.3) is 33.0 Å². The molecule has 0 bridgehead atoms. The van der Waals surface area contributed by atoms with Crippen LogP contribution in [0.4, 0.5) is 5.69 Å². The summed E-state index contributed by atoms with van der Waals surface area (Å²) in [6.07, 6.45) is 11.3. The lowest BCUT2D eigenvalue weighted by molar-refractivity contribution is 0.561. The molecular weight excluding hydrogens is 470 g/mol. The zero-order valence-electron chi connectivity index (χ0n) is 24.0. The van der Waals surface area contributed by atoms with Crippen molar-refractivity contribution in [2.75, 3.05) is 4.90 Å². The van der Waals surface area contributed by atoms with Gasteiger partial charge in [-0.25, -0.2) is 0 Å². The summed E-state index contributed by atoms with van der Waals surface area (Å²) in [4.78, 5) is 2.40. The lowest BCUT2D eigenvalue weighted by atomic mass is 9.81. The molecule has 1 nitrogen and oxygen atoms in total. The number of nitrogens with zero attached hydrogens (tertiary/aromatic N) is 1. The monoisotopic (exact) mass is 509 g/mol. The highest BCUT2D eigenvalue weighted by atomic mass is 15.2. The van der Waals surface area contributed by atoms with Crippen molar-refractivity contribution in [1.29, 1.82) is 0 Å². The van der Waals surface area contributed by atoms with E-state index in [4.69, 9.17) is 0 Å². The molecule has 0 amide bonds. The van der Waals surface area contributed by atoms with E-state index in [9.17, 15) is 0 Å². The van der Waals surface area contributed by atoms with Crippen LogP contribution < -0.4 is 4.90 Å². The first-order valence-electron chi connectivity index (χ1n) is 13.9. The lowest BCUT2D eigenvalue weighted by Gasteiger charge is -2.42. The summed E-state index contributed by atoms with van der Waals surface area (Å²) in [7, 11) is 0. The molecule has 0 spiro atoms. The SMILES string of the molecule is C=CCC(C)(C=C)N(C(/C=C\C)=C/C)c1ccc2c(c1)C(C)(C)c1cc(-c3ccc4ccccc4c3)ccc1-2. The van der Waals surface area contributed by atoms with Gasteiger partial charge in [0.1, 0.15) is 0 Å². The van der Waals surface area contributed by atoms with Gasteiger partial charge < -0.3 is 4.90 Å². The van der Waals surface area contributed by atoms with E-state index in [-0.39, 0.29) is 11.0 Å². The van der Waals surface area contributed by atoms with Crippen LogP contribution in [-0.2, 0) is 5.41 Å². The molecule has 0 saturated carbocycles. The van der Waals surface area contributed by atoms with Gasteiger partial charge >= 0.3 is 0 Å². The van der Waals surface area contributed by atoms with Gasteiger partial charge in [0.25, 0.3) is 0 Å². The van der Waals surface area contributed by atoms with Crippen molar-refractivity contribution in [1.82, 2.24) is 0 Å². The van der Waals surface area contributed by atoms with Gasteiger partial charge in [-0.1, -0.05) is 92.7 Å². The second-order valence-corrected chi connectivity index (χ2v) is 11.3. The highest BCUT2D eigenvalue weighted by Crippen LogP contribution is 2.51. The number of anilines is 1. The van der Waals surface area contributed by atoms with Crippen molar-refractivity contribution in [3.8, 4) is 22.3 Å². The van der Waals surface area contributed by atoms with Crippen LogP contribution in [-0.4, -0.2) is 5.54 Å². The van der Waals surface area contributed by atoms with Gasteiger partial charge in [0.05, 0.1) is 5.54 Å². The minimum atomic E-state index is -0.309. The largest absolute Gasteiger partial charge is 0.332 e. The van der Waals surface area contributed by atoms with Crippen LogP contribution in [0, 0.1) is 0 Å². The number of fused-ring (bicyclic) bond motifs is 4. The quantitative estimate of drug-likeness (QED) is 0.169. The van der Waals surface area contributed by atoms with Crippen LogP contribution in [0.1, 0.15) is 52.2 Å². The summed E-state index contributed by atoms with van der Waals surface area (Å²) in [6, 6.07) is 29.3. The zero-order valence-corrected chi connectivity index (χ0v) is 24.0. The third kappa shape index (κ3) is 4.46. The van der Waals surface area contributed by atoms with Gasteiger partial charge in [-0.05, 0) is 102 Å². The number of allylic oxidation sites excluding steroid dienone is 3. The Hall–Kier alpha value is -4.10. The summed E-state index contributed by atoms with van der Waals surface area (Å²) in [6.45, 7) is 19.4. The lowest BCUT2D eigenvalue weighted by Crippen LogP contribution is -2.43. The first-order valence-corrected chi connectivity index (χ1v) is 13.9. The predicted octanol–water partition coefficient (Wildman–Crippen LogP) is 10.6. The first-order chi connectivity index (χ1) is 18.8. The molecule has 0 heterocycles. The number of benzene rings is 4. The van der Waals surface area contributed by atoms with E-state index in [0.29, 0.717) is 0 Å². The van der Waals surface area contributed by atoms with E-state index in [1.165, 1.54) is 49.8 Å². The average molecular weight is 510 g/mol. The Morgan fingerprint density at radius 1 is 0.821 bits per heavy atom. The Kier molecular flexibility index (Phi) is 6.95.